The Hall–Kier alpha value is -0.570. The van der Waals surface area contributed by atoms with Gasteiger partial charge in [-0.05, 0) is 26.2 Å². The van der Waals surface area contributed by atoms with Gasteiger partial charge in [0.1, 0.15) is 0 Å². The fourth-order valence-corrected chi connectivity index (χ4v) is 1.63. The number of nitrogens with two attached hydrogens (primary N) is 1. The van der Waals surface area contributed by atoms with Gasteiger partial charge in [-0.25, -0.2) is 0 Å². The first-order chi connectivity index (χ1) is 6.64. The van der Waals surface area contributed by atoms with Crippen molar-refractivity contribution in [3.63, 3.8) is 0 Å². The van der Waals surface area contributed by atoms with E-state index in [2.05, 4.69) is 19.2 Å². The molecular weight excluding hydrogens is 176 g/mol. The first kappa shape index (κ1) is 11.5. The van der Waals surface area contributed by atoms with Gasteiger partial charge in [-0.1, -0.05) is 19.8 Å². The summed E-state index contributed by atoms with van der Waals surface area (Å²) < 4.78 is 0. The van der Waals surface area contributed by atoms with E-state index >= 15 is 0 Å². The molecule has 1 atom stereocenters. The molecule has 1 unspecified atom stereocenters. The normalized spacial score (nSPS) is 20.2. The molecule has 0 radical (unpaired) electrons. The van der Waals surface area contributed by atoms with Crippen LogP contribution in [0.3, 0.4) is 0 Å². The third-order valence-electron chi connectivity index (χ3n) is 3.09. The van der Waals surface area contributed by atoms with E-state index in [0.717, 1.165) is 19.3 Å². The minimum absolute atomic E-state index is 0.170. The molecule has 0 aromatic carbocycles. The Morgan fingerprint density at radius 3 is 2.64 bits per heavy atom. The molecule has 0 aromatic rings. The Balaban J connectivity index is 2.26. The van der Waals surface area contributed by atoms with E-state index in [1.165, 1.54) is 12.8 Å². The van der Waals surface area contributed by atoms with Crippen molar-refractivity contribution in [3.05, 3.63) is 0 Å². The topological polar surface area (TPSA) is 55.1 Å². The van der Waals surface area contributed by atoms with Gasteiger partial charge in [0.05, 0.1) is 5.41 Å². The zero-order valence-corrected chi connectivity index (χ0v) is 9.31. The van der Waals surface area contributed by atoms with Crippen molar-refractivity contribution in [2.75, 3.05) is 6.54 Å². The van der Waals surface area contributed by atoms with E-state index in [9.17, 15) is 4.79 Å². The van der Waals surface area contributed by atoms with Crippen LogP contribution < -0.4 is 11.1 Å². The summed E-state index contributed by atoms with van der Waals surface area (Å²) in [5.74, 6) is 0.170. The third-order valence-corrected chi connectivity index (χ3v) is 3.09. The van der Waals surface area contributed by atoms with E-state index in [0.29, 0.717) is 12.6 Å². The molecule has 82 valence electrons. The van der Waals surface area contributed by atoms with E-state index in [-0.39, 0.29) is 11.3 Å². The third kappa shape index (κ3) is 2.71. The van der Waals surface area contributed by atoms with E-state index < -0.39 is 0 Å². The molecule has 3 N–H and O–H groups in total. The van der Waals surface area contributed by atoms with Crippen molar-refractivity contribution in [2.24, 2.45) is 11.1 Å². The maximum atomic E-state index is 11.7. The molecule has 0 aromatic heterocycles. The molecule has 0 saturated heterocycles. The van der Waals surface area contributed by atoms with Crippen LogP contribution in [0.2, 0.25) is 0 Å². The fraction of sp³-hybridized carbons (Fsp3) is 0.909. The molecule has 1 aliphatic carbocycles. The van der Waals surface area contributed by atoms with Gasteiger partial charge in [0.25, 0.3) is 0 Å². The van der Waals surface area contributed by atoms with Crippen molar-refractivity contribution >= 4 is 5.91 Å². The van der Waals surface area contributed by atoms with Gasteiger partial charge in [-0.2, -0.15) is 0 Å². The number of hydrogen-bond donors (Lipinski definition) is 2. The Morgan fingerprint density at radius 1 is 1.57 bits per heavy atom. The number of carbonyl (C=O) groups excluding carboxylic acids is 1. The van der Waals surface area contributed by atoms with Gasteiger partial charge >= 0.3 is 0 Å². The molecule has 1 rings (SSSR count). The summed E-state index contributed by atoms with van der Waals surface area (Å²) >= 11 is 0. The average molecular weight is 198 g/mol. The Labute approximate surface area is 86.4 Å². The van der Waals surface area contributed by atoms with Gasteiger partial charge in [0, 0.05) is 12.6 Å². The Kier molecular flexibility index (Phi) is 3.93. The average Bonchev–Trinajstić information content (AvgIpc) is 2.95. The highest BCUT2D eigenvalue weighted by Gasteiger charge is 2.48. The number of nitrogens with one attached hydrogen (secondary N) is 1. The number of carbonyl (C=O) groups is 1. The van der Waals surface area contributed by atoms with Crippen LogP contribution >= 0.6 is 0 Å². The van der Waals surface area contributed by atoms with Crippen molar-refractivity contribution < 1.29 is 4.79 Å². The van der Waals surface area contributed by atoms with Crippen LogP contribution in [0.4, 0.5) is 0 Å². The molecule has 0 aliphatic heterocycles. The maximum absolute atomic E-state index is 11.7. The second kappa shape index (κ2) is 4.78. The lowest BCUT2D eigenvalue weighted by atomic mass is 10.1. The summed E-state index contributed by atoms with van der Waals surface area (Å²) in [5.41, 5.74) is 5.39. The number of hydrogen-bond acceptors (Lipinski definition) is 2. The summed E-state index contributed by atoms with van der Waals surface area (Å²) in [7, 11) is 0. The van der Waals surface area contributed by atoms with Gasteiger partial charge < -0.3 is 11.1 Å². The number of unbranched alkanes of at least 4 members (excludes halogenated alkanes) is 1. The van der Waals surface area contributed by atoms with Crippen molar-refractivity contribution in [1.29, 1.82) is 0 Å². The van der Waals surface area contributed by atoms with Gasteiger partial charge in [0.2, 0.25) is 5.91 Å². The first-order valence-electron chi connectivity index (χ1n) is 5.65. The van der Waals surface area contributed by atoms with Crippen LogP contribution in [0.1, 0.15) is 46.0 Å². The second-order valence-electron chi connectivity index (χ2n) is 4.50. The monoisotopic (exact) mass is 198 g/mol. The lowest BCUT2D eigenvalue weighted by Gasteiger charge is -2.18. The fourth-order valence-electron chi connectivity index (χ4n) is 1.63. The molecule has 3 nitrogen and oxygen atoms in total. The first-order valence-corrected chi connectivity index (χ1v) is 5.65. The van der Waals surface area contributed by atoms with Gasteiger partial charge in [-0.3, -0.25) is 4.79 Å². The largest absolute Gasteiger partial charge is 0.353 e. The van der Waals surface area contributed by atoms with E-state index in [4.69, 9.17) is 5.73 Å². The zero-order chi connectivity index (χ0) is 10.6. The molecule has 0 spiro atoms. The van der Waals surface area contributed by atoms with Crippen LogP contribution in [-0.4, -0.2) is 18.5 Å². The van der Waals surface area contributed by atoms with Crippen molar-refractivity contribution in [1.82, 2.24) is 5.32 Å². The minimum atomic E-state index is -0.194. The highest BCUT2D eigenvalue weighted by molar-refractivity contribution is 5.85. The molecule has 0 heterocycles. The minimum Gasteiger partial charge on any atom is -0.353 e. The summed E-state index contributed by atoms with van der Waals surface area (Å²) in [4.78, 5) is 11.7. The van der Waals surface area contributed by atoms with Crippen LogP contribution in [0.25, 0.3) is 0 Å². The SMILES string of the molecule is CCCCC(C)NC(=O)C1(CN)CC1. The Bertz CT molecular complexity index is 199. The molecule has 1 aliphatic rings. The van der Waals surface area contributed by atoms with Crippen molar-refractivity contribution in [3.8, 4) is 0 Å². The highest BCUT2D eigenvalue weighted by atomic mass is 16.2. The zero-order valence-electron chi connectivity index (χ0n) is 9.31. The lowest BCUT2D eigenvalue weighted by Crippen LogP contribution is -2.41. The van der Waals surface area contributed by atoms with Gasteiger partial charge in [-0.15, -0.1) is 0 Å². The van der Waals surface area contributed by atoms with Crippen LogP contribution in [-0.2, 0) is 4.79 Å². The van der Waals surface area contributed by atoms with E-state index in [1.54, 1.807) is 0 Å². The number of rotatable bonds is 6. The standard InChI is InChI=1S/C11H22N2O/c1-3-4-5-9(2)13-10(14)11(8-12)6-7-11/h9H,3-8,12H2,1-2H3,(H,13,14). The molecule has 3 heteroatoms. The van der Waals surface area contributed by atoms with Crippen LogP contribution in [0.5, 0.6) is 0 Å². The van der Waals surface area contributed by atoms with Crippen LogP contribution in [0.15, 0.2) is 0 Å². The molecule has 0 bridgehead atoms. The highest BCUT2D eigenvalue weighted by Crippen LogP contribution is 2.44. The lowest BCUT2D eigenvalue weighted by molar-refractivity contribution is -0.126. The maximum Gasteiger partial charge on any atom is 0.227 e. The van der Waals surface area contributed by atoms with E-state index in [1.807, 2.05) is 0 Å². The smallest absolute Gasteiger partial charge is 0.227 e. The van der Waals surface area contributed by atoms with Crippen molar-refractivity contribution in [2.45, 2.75) is 52.0 Å². The Morgan fingerprint density at radius 2 is 2.21 bits per heavy atom. The summed E-state index contributed by atoms with van der Waals surface area (Å²) in [6.45, 7) is 4.73. The molecular formula is C11H22N2O. The quantitative estimate of drug-likeness (QED) is 0.678. The molecule has 1 amide bonds. The number of amides is 1. The summed E-state index contributed by atoms with van der Waals surface area (Å²) in [6.07, 6.45) is 5.37. The van der Waals surface area contributed by atoms with Crippen LogP contribution in [0, 0.1) is 5.41 Å². The molecule has 1 fully saturated rings. The van der Waals surface area contributed by atoms with Gasteiger partial charge in [0.15, 0.2) is 0 Å². The predicted molar refractivity (Wildman–Crippen MR) is 57.9 cm³/mol. The molecule has 1 saturated carbocycles. The second-order valence-corrected chi connectivity index (χ2v) is 4.50. The summed E-state index contributed by atoms with van der Waals surface area (Å²) in [6, 6.07) is 0.298. The predicted octanol–water partition coefficient (Wildman–Crippen LogP) is 1.42. The molecule has 14 heavy (non-hydrogen) atoms. The summed E-state index contributed by atoms with van der Waals surface area (Å²) in [5, 5.41) is 3.05.